The van der Waals surface area contributed by atoms with Gasteiger partial charge in [0, 0.05) is 10.9 Å². The van der Waals surface area contributed by atoms with E-state index in [4.69, 9.17) is 25.6 Å². The summed E-state index contributed by atoms with van der Waals surface area (Å²) in [6, 6.07) is 13.2. The van der Waals surface area contributed by atoms with Crippen LogP contribution in [0, 0.1) is 6.92 Å². The third kappa shape index (κ3) is 5.48. The van der Waals surface area contributed by atoms with Crippen LogP contribution in [0.2, 0.25) is 5.02 Å². The van der Waals surface area contributed by atoms with Crippen molar-refractivity contribution in [3.05, 3.63) is 70.6 Å². The molecule has 2 aromatic carbocycles. The van der Waals surface area contributed by atoms with Gasteiger partial charge in [-0.3, -0.25) is 4.57 Å². The molecule has 0 spiro atoms. The topological polar surface area (TPSA) is 88.1 Å². The van der Waals surface area contributed by atoms with E-state index in [0.29, 0.717) is 39.2 Å². The van der Waals surface area contributed by atoms with Gasteiger partial charge in [0.05, 0.1) is 18.6 Å². The molecule has 0 atom stereocenters. The van der Waals surface area contributed by atoms with E-state index in [0.717, 1.165) is 17.0 Å². The molecule has 33 heavy (non-hydrogen) atoms. The molecule has 10 heteroatoms. The summed E-state index contributed by atoms with van der Waals surface area (Å²) in [7, 11) is 1.63. The first-order chi connectivity index (χ1) is 15.9. The second-order valence-electron chi connectivity index (χ2n) is 7.62. The maximum atomic E-state index is 6.41. The lowest BCUT2D eigenvalue weighted by molar-refractivity contribution is 0.292. The number of halogens is 1. The summed E-state index contributed by atoms with van der Waals surface area (Å²) in [5, 5.41) is 14.2. The standard InChI is InChI=1S/C23H24ClN5O3S/c1-14(2)22-25-20(28-32-22)13-33-23-27-26-21(12-31-18-9-7-17(30-4)8-10-18)29(23)16-6-5-15(3)19(24)11-16/h5-11,14H,12-13H2,1-4H3. The number of ether oxygens (including phenoxy) is 2. The molecule has 0 saturated carbocycles. The molecule has 0 aliphatic rings. The highest BCUT2D eigenvalue weighted by Gasteiger charge is 2.18. The fraction of sp³-hybridized carbons (Fsp3) is 0.304. The maximum Gasteiger partial charge on any atom is 0.229 e. The van der Waals surface area contributed by atoms with Gasteiger partial charge in [-0.1, -0.05) is 48.4 Å². The van der Waals surface area contributed by atoms with Crippen molar-refractivity contribution in [2.45, 2.75) is 44.2 Å². The number of aryl methyl sites for hydroxylation is 1. The van der Waals surface area contributed by atoms with E-state index >= 15 is 0 Å². The molecule has 0 bridgehead atoms. The minimum Gasteiger partial charge on any atom is -0.497 e. The molecule has 2 aromatic heterocycles. The summed E-state index contributed by atoms with van der Waals surface area (Å²) in [5.41, 5.74) is 1.84. The van der Waals surface area contributed by atoms with Gasteiger partial charge in [0.15, 0.2) is 16.8 Å². The zero-order valence-electron chi connectivity index (χ0n) is 18.8. The van der Waals surface area contributed by atoms with Crippen LogP contribution in [0.3, 0.4) is 0 Å². The van der Waals surface area contributed by atoms with Gasteiger partial charge in [0.1, 0.15) is 18.1 Å². The second-order valence-corrected chi connectivity index (χ2v) is 8.97. The lowest BCUT2D eigenvalue weighted by Gasteiger charge is -2.12. The molecule has 0 N–H and O–H groups in total. The summed E-state index contributed by atoms with van der Waals surface area (Å²) in [5.74, 6) is 4.01. The maximum absolute atomic E-state index is 6.41. The average molecular weight is 486 g/mol. The Morgan fingerprint density at radius 3 is 2.52 bits per heavy atom. The number of rotatable bonds is 9. The molecule has 0 radical (unpaired) electrons. The Balaban J connectivity index is 1.58. The van der Waals surface area contributed by atoms with E-state index in [1.54, 1.807) is 7.11 Å². The van der Waals surface area contributed by atoms with Crippen molar-refractivity contribution in [1.29, 1.82) is 0 Å². The van der Waals surface area contributed by atoms with Crippen molar-refractivity contribution < 1.29 is 14.0 Å². The molecule has 4 rings (SSSR count). The Labute approximate surface area is 201 Å². The lowest BCUT2D eigenvalue weighted by atomic mass is 10.2. The Morgan fingerprint density at radius 2 is 1.85 bits per heavy atom. The van der Waals surface area contributed by atoms with Crippen molar-refractivity contribution in [1.82, 2.24) is 24.9 Å². The molecule has 2 heterocycles. The van der Waals surface area contributed by atoms with Crippen LogP contribution in [-0.4, -0.2) is 32.0 Å². The highest BCUT2D eigenvalue weighted by molar-refractivity contribution is 7.98. The first-order valence-corrected chi connectivity index (χ1v) is 11.7. The van der Waals surface area contributed by atoms with Crippen LogP contribution in [-0.2, 0) is 12.4 Å². The van der Waals surface area contributed by atoms with Gasteiger partial charge in [-0.15, -0.1) is 10.2 Å². The first kappa shape index (κ1) is 23.1. The summed E-state index contributed by atoms with van der Waals surface area (Å²) < 4.78 is 18.4. The first-order valence-electron chi connectivity index (χ1n) is 10.4. The molecular weight excluding hydrogens is 462 g/mol. The van der Waals surface area contributed by atoms with Crippen molar-refractivity contribution in [2.75, 3.05) is 7.11 Å². The molecule has 4 aromatic rings. The van der Waals surface area contributed by atoms with Crippen LogP contribution in [0.1, 0.15) is 42.9 Å². The third-order valence-corrected chi connectivity index (χ3v) is 6.18. The van der Waals surface area contributed by atoms with E-state index in [-0.39, 0.29) is 12.5 Å². The Morgan fingerprint density at radius 1 is 1.09 bits per heavy atom. The Kier molecular flexibility index (Phi) is 7.20. The van der Waals surface area contributed by atoms with Crippen LogP contribution in [0.25, 0.3) is 5.69 Å². The molecule has 0 fully saturated rings. The molecule has 0 amide bonds. The van der Waals surface area contributed by atoms with Gasteiger partial charge in [0.2, 0.25) is 5.89 Å². The van der Waals surface area contributed by atoms with Crippen molar-refractivity contribution in [3.8, 4) is 17.2 Å². The monoisotopic (exact) mass is 485 g/mol. The second kappa shape index (κ2) is 10.3. The predicted octanol–water partition coefficient (Wildman–Crippen LogP) is 5.62. The van der Waals surface area contributed by atoms with Crippen molar-refractivity contribution >= 4 is 23.4 Å². The molecule has 8 nitrogen and oxygen atoms in total. The largest absolute Gasteiger partial charge is 0.497 e. The van der Waals surface area contributed by atoms with Gasteiger partial charge in [-0.25, -0.2) is 0 Å². The number of nitrogens with zero attached hydrogens (tertiary/aromatic N) is 5. The third-order valence-electron chi connectivity index (χ3n) is 4.85. The van der Waals surface area contributed by atoms with Crippen LogP contribution in [0.15, 0.2) is 52.1 Å². The van der Waals surface area contributed by atoms with Gasteiger partial charge >= 0.3 is 0 Å². The number of thioether (sulfide) groups is 1. The number of methoxy groups -OCH3 is 1. The normalized spacial score (nSPS) is 11.2. The highest BCUT2D eigenvalue weighted by Crippen LogP contribution is 2.28. The molecule has 0 unspecified atom stereocenters. The highest BCUT2D eigenvalue weighted by atomic mass is 35.5. The SMILES string of the molecule is COc1ccc(OCc2nnc(SCc3noc(C(C)C)n3)n2-c2ccc(C)c(Cl)c2)cc1. The molecular formula is C23H24ClN5O3S. The smallest absolute Gasteiger partial charge is 0.229 e. The van der Waals surface area contributed by atoms with Crippen LogP contribution in [0.4, 0.5) is 0 Å². The molecule has 0 saturated heterocycles. The number of hydrogen-bond acceptors (Lipinski definition) is 8. The quantitative estimate of drug-likeness (QED) is 0.282. The molecule has 0 aliphatic heterocycles. The van der Waals surface area contributed by atoms with E-state index in [2.05, 4.69) is 20.3 Å². The predicted molar refractivity (Wildman–Crippen MR) is 126 cm³/mol. The van der Waals surface area contributed by atoms with Gasteiger partial charge < -0.3 is 14.0 Å². The Bertz CT molecular complexity index is 1220. The fourth-order valence-electron chi connectivity index (χ4n) is 2.98. The van der Waals surface area contributed by atoms with Crippen LogP contribution < -0.4 is 9.47 Å². The van der Waals surface area contributed by atoms with Crippen LogP contribution in [0.5, 0.6) is 11.5 Å². The minimum absolute atomic E-state index is 0.177. The van der Waals surface area contributed by atoms with E-state index < -0.39 is 0 Å². The number of aromatic nitrogens is 5. The number of hydrogen-bond donors (Lipinski definition) is 0. The van der Waals surface area contributed by atoms with Gasteiger partial charge in [-0.2, -0.15) is 4.98 Å². The lowest BCUT2D eigenvalue weighted by Crippen LogP contribution is -2.07. The van der Waals surface area contributed by atoms with E-state index in [1.807, 2.05) is 67.8 Å². The Hall–Kier alpha value is -3.04. The van der Waals surface area contributed by atoms with E-state index in [1.165, 1.54) is 11.8 Å². The summed E-state index contributed by atoms with van der Waals surface area (Å²) in [6.07, 6.45) is 0. The zero-order valence-corrected chi connectivity index (χ0v) is 20.4. The fourth-order valence-corrected chi connectivity index (χ4v) is 3.97. The van der Waals surface area contributed by atoms with Crippen LogP contribution >= 0.6 is 23.4 Å². The van der Waals surface area contributed by atoms with Crippen molar-refractivity contribution in [2.24, 2.45) is 0 Å². The molecule has 172 valence electrons. The summed E-state index contributed by atoms with van der Waals surface area (Å²) in [6.45, 7) is 6.21. The van der Waals surface area contributed by atoms with E-state index in [9.17, 15) is 0 Å². The van der Waals surface area contributed by atoms with Gasteiger partial charge in [0.25, 0.3) is 0 Å². The average Bonchev–Trinajstić information content (AvgIpc) is 3.45. The van der Waals surface area contributed by atoms with Gasteiger partial charge in [-0.05, 0) is 48.9 Å². The zero-order chi connectivity index (χ0) is 23.4. The summed E-state index contributed by atoms with van der Waals surface area (Å²) in [4.78, 5) is 4.44. The minimum atomic E-state index is 0.177. The van der Waals surface area contributed by atoms with Crippen molar-refractivity contribution in [3.63, 3.8) is 0 Å². The number of benzene rings is 2. The molecule has 0 aliphatic carbocycles. The summed E-state index contributed by atoms with van der Waals surface area (Å²) >= 11 is 7.87.